The lowest BCUT2D eigenvalue weighted by atomic mass is 9.53. The summed E-state index contributed by atoms with van der Waals surface area (Å²) in [7, 11) is 5.43. The molecule has 93 heavy (non-hydrogen) atoms. The van der Waals surface area contributed by atoms with Gasteiger partial charge in [0.15, 0.2) is 18.3 Å². The monoisotopic (exact) mass is 1300 g/mol. The van der Waals surface area contributed by atoms with Crippen molar-refractivity contribution in [3.05, 3.63) is 128 Å². The Labute approximate surface area is 554 Å². The number of phenolic OH excluding ortho intramolecular Hbond substituents is 2. The van der Waals surface area contributed by atoms with E-state index in [1.807, 2.05) is 27.7 Å². The summed E-state index contributed by atoms with van der Waals surface area (Å²) in [5.74, 6) is 15.9. The number of aliphatic hydroxyl groups is 3. The Hall–Kier alpha value is -6.09. The van der Waals surface area contributed by atoms with Crippen molar-refractivity contribution in [1.82, 2.24) is 16.0 Å². The van der Waals surface area contributed by atoms with Gasteiger partial charge in [0.05, 0.1) is 36.5 Å². The maximum absolute atomic E-state index is 13.7. The number of dihydropyridines is 1. The number of methoxy groups -OCH3 is 1. The second-order valence-electron chi connectivity index (χ2n) is 28.5. The van der Waals surface area contributed by atoms with E-state index < -0.39 is 59.9 Å². The summed E-state index contributed by atoms with van der Waals surface area (Å²) >= 11 is 0. The normalized spacial score (nSPS) is 33.6. The molecule has 5 aliphatic carbocycles. The number of hydrogen-bond donors (Lipinski definition) is 9. The van der Waals surface area contributed by atoms with Gasteiger partial charge in [-0.2, -0.15) is 0 Å². The minimum atomic E-state index is -0.933. The SMILES string of the molecule is CCC1=CC2=C(C#CC3C#CC4Cc5cccc(c5)C5(CCCCC5O)C2C2CCC5(Cc6cc(O)cc(OCO)c6-c6ccc7c(c65)OC(c5c6c(c(O)c(c53)CNCC(CO)C4COC)OC3CSSCC4CCCC(C4)NC3C=C6)C7COC(C)=O)C2)NC1N. The number of rotatable bonds is 8. The van der Waals surface area contributed by atoms with E-state index in [1.165, 1.54) is 13.3 Å². The summed E-state index contributed by atoms with van der Waals surface area (Å²) in [6.07, 6.45) is 15.5. The zero-order valence-corrected chi connectivity index (χ0v) is 55.2. The highest BCUT2D eigenvalue weighted by Crippen LogP contribution is 2.66. The lowest BCUT2D eigenvalue weighted by Crippen LogP contribution is -2.53. The molecule has 16 atom stereocenters. The number of esters is 1. The Morgan fingerprint density at radius 1 is 0.946 bits per heavy atom. The number of phenols is 2. The summed E-state index contributed by atoms with van der Waals surface area (Å²) in [4.78, 5) is 13.5. The molecule has 4 fully saturated rings. The smallest absolute Gasteiger partial charge is 0.302 e. The van der Waals surface area contributed by atoms with Gasteiger partial charge in [0.1, 0.15) is 42.0 Å². The first-order valence-corrected chi connectivity index (χ1v) is 36.7. The second kappa shape index (κ2) is 25.8. The van der Waals surface area contributed by atoms with Crippen LogP contribution in [-0.4, -0.2) is 114 Å². The number of allylic oxidation sites excluding steroid dienone is 3. The molecule has 11 aliphatic rings. The van der Waals surface area contributed by atoms with Crippen LogP contribution in [0, 0.1) is 59.2 Å². The second-order valence-corrected chi connectivity index (χ2v) is 31.0. The third kappa shape index (κ3) is 11.1. The molecule has 0 aromatic heterocycles. The number of aromatic hydroxyl groups is 2. The molecule has 15 nitrogen and oxygen atoms in total. The number of benzene rings is 4. The van der Waals surface area contributed by atoms with Crippen molar-refractivity contribution in [2.75, 3.05) is 51.8 Å². The molecule has 490 valence electrons. The largest absolute Gasteiger partial charge is 0.508 e. The molecule has 11 bridgehead atoms. The van der Waals surface area contributed by atoms with E-state index >= 15 is 0 Å². The Morgan fingerprint density at radius 2 is 1.83 bits per heavy atom. The van der Waals surface area contributed by atoms with Crippen LogP contribution >= 0.6 is 21.6 Å². The number of aliphatic hydroxyl groups excluding tert-OH is 3. The van der Waals surface area contributed by atoms with Gasteiger partial charge in [-0.25, -0.2) is 0 Å². The predicted octanol–water partition coefficient (Wildman–Crippen LogP) is 10.4. The van der Waals surface area contributed by atoms with Crippen LogP contribution in [-0.2, 0) is 44.5 Å². The average molecular weight is 1300 g/mol. The van der Waals surface area contributed by atoms with Crippen LogP contribution in [0.25, 0.3) is 17.2 Å². The quantitative estimate of drug-likeness (QED) is 0.0346. The van der Waals surface area contributed by atoms with Crippen molar-refractivity contribution in [2.45, 2.75) is 170 Å². The Kier molecular flexibility index (Phi) is 17.5. The van der Waals surface area contributed by atoms with Crippen molar-refractivity contribution in [2.24, 2.45) is 41.2 Å². The van der Waals surface area contributed by atoms with Gasteiger partial charge in [-0.1, -0.05) is 120 Å². The molecule has 4 aromatic rings. The first-order valence-electron chi connectivity index (χ1n) is 34.2. The van der Waals surface area contributed by atoms with Crippen LogP contribution in [0.3, 0.4) is 0 Å². The lowest BCUT2D eigenvalue weighted by molar-refractivity contribution is -0.141. The minimum Gasteiger partial charge on any atom is -0.508 e. The van der Waals surface area contributed by atoms with Gasteiger partial charge in [-0.05, 0) is 133 Å². The molecule has 3 saturated carbocycles. The van der Waals surface area contributed by atoms with Gasteiger partial charge in [0.25, 0.3) is 0 Å². The van der Waals surface area contributed by atoms with Crippen LogP contribution < -0.4 is 35.9 Å². The number of ether oxygens (including phenoxy) is 5. The van der Waals surface area contributed by atoms with E-state index in [0.29, 0.717) is 109 Å². The van der Waals surface area contributed by atoms with Gasteiger partial charge in [0.2, 0.25) is 0 Å². The van der Waals surface area contributed by atoms with E-state index in [1.54, 1.807) is 13.2 Å². The van der Waals surface area contributed by atoms with E-state index in [-0.39, 0.29) is 72.9 Å². The van der Waals surface area contributed by atoms with Gasteiger partial charge < -0.3 is 70.9 Å². The van der Waals surface area contributed by atoms with Crippen molar-refractivity contribution >= 4 is 33.6 Å². The zero-order valence-electron chi connectivity index (χ0n) is 53.6. The van der Waals surface area contributed by atoms with Gasteiger partial charge in [-0.3, -0.25) is 4.79 Å². The standard InChI is InChI=1S/C76H88N4O11S2/c1-4-44-29-56-60(80-74(44)77)20-16-45-14-15-46-25-42-9-7-11-50(26-42)76(23-6-5-13-64(76)85)68(56)47-22-24-75(31-47)32-48-28-52(84)30-62(89-40-82)65(48)54-18-17-53-59(37-88-41(2)83)71(91-72(53)69(54)75)67-55-19-21-61-63(39-93-92-38-43-10-8-12-51(27-43)79-61)90-73(55)70(86)57(66(45)67)34-78-33-49(35-81)58(46)36-87-3/h7,9,11,17-19,21,26,28-30,43,45-47,49,51,58-59,61,63-64,68,71,74,78-82,84-86H,4-6,8,10,12-13,22-25,27,31-40,77H2,1-3H3. The van der Waals surface area contributed by atoms with Gasteiger partial charge in [0, 0.05) is 125 Å². The maximum Gasteiger partial charge on any atom is 0.302 e. The summed E-state index contributed by atoms with van der Waals surface area (Å²) < 4.78 is 34.2. The third-order valence-corrected chi connectivity index (χ3v) is 25.9. The number of fused-ring (bicyclic) bond motifs is 16. The number of nitrogens with two attached hydrogens (primary N) is 1. The van der Waals surface area contributed by atoms with Gasteiger partial charge in [-0.15, -0.1) is 0 Å². The summed E-state index contributed by atoms with van der Waals surface area (Å²) in [6, 6.07) is 16.7. The van der Waals surface area contributed by atoms with Crippen LogP contribution in [0.1, 0.15) is 159 Å². The fraction of sp³-hybridized carbons (Fsp3) is 0.539. The number of carbonyl (C=O) groups excluding carboxylic acids is 1. The molecule has 6 heterocycles. The molecule has 2 spiro atoms. The molecule has 17 heteroatoms. The molecule has 4 aromatic carbocycles. The van der Waals surface area contributed by atoms with Crippen molar-refractivity contribution in [1.29, 1.82) is 0 Å². The molecule has 6 aliphatic heterocycles. The molecule has 15 rings (SSSR count). The fourth-order valence-corrected chi connectivity index (χ4v) is 21.9. The number of nitrogens with one attached hydrogen (secondary N) is 3. The third-order valence-electron chi connectivity index (χ3n) is 23.3. The fourth-order valence-electron chi connectivity index (χ4n) is 19.2. The molecule has 1 saturated heterocycles. The highest BCUT2D eigenvalue weighted by molar-refractivity contribution is 8.76. The number of carbonyl (C=O) groups is 1. The van der Waals surface area contributed by atoms with Crippen LogP contribution in [0.4, 0.5) is 0 Å². The predicted molar refractivity (Wildman–Crippen MR) is 362 cm³/mol. The van der Waals surface area contributed by atoms with Crippen LogP contribution in [0.5, 0.6) is 28.7 Å². The first-order chi connectivity index (χ1) is 45.3. The Morgan fingerprint density at radius 3 is 2.66 bits per heavy atom. The van der Waals surface area contributed by atoms with Crippen molar-refractivity contribution in [3.63, 3.8) is 0 Å². The molecule has 16 unspecified atom stereocenters. The lowest BCUT2D eigenvalue weighted by Gasteiger charge is -2.52. The maximum atomic E-state index is 13.7. The molecular weight excluding hydrogens is 1210 g/mol. The molecule has 10 N–H and O–H groups in total. The van der Waals surface area contributed by atoms with E-state index in [0.717, 1.165) is 101 Å². The first kappa shape index (κ1) is 63.0. The van der Waals surface area contributed by atoms with Crippen molar-refractivity contribution < 1.29 is 54.0 Å². The average Bonchev–Trinajstić information content (AvgIpc) is 1.61. The molecule has 0 amide bonds. The van der Waals surface area contributed by atoms with Crippen LogP contribution in [0.2, 0.25) is 0 Å². The summed E-state index contributed by atoms with van der Waals surface area (Å²) in [6.45, 7) is 3.58. The van der Waals surface area contributed by atoms with Crippen LogP contribution in [0.15, 0.2) is 77.5 Å². The highest BCUT2D eigenvalue weighted by Gasteiger charge is 2.59. The molecular formula is C76H88N4O11S2. The number of hydrogen-bond acceptors (Lipinski definition) is 17. The summed E-state index contributed by atoms with van der Waals surface area (Å²) in [5.41, 5.74) is 17.6. The Balaban J connectivity index is 1.09. The zero-order chi connectivity index (χ0) is 63.9. The van der Waals surface area contributed by atoms with E-state index in [2.05, 4.69) is 101 Å². The molecule has 0 radical (unpaired) electrons. The highest BCUT2D eigenvalue weighted by atomic mass is 33.1. The van der Waals surface area contributed by atoms with E-state index in [4.69, 9.17) is 29.4 Å². The topological polar surface area (TPSA) is 226 Å². The van der Waals surface area contributed by atoms with E-state index in [9.17, 15) is 30.3 Å². The van der Waals surface area contributed by atoms with Crippen molar-refractivity contribution in [3.8, 4) is 63.6 Å². The minimum absolute atomic E-state index is 0.0324. The van der Waals surface area contributed by atoms with Gasteiger partial charge >= 0.3 is 5.97 Å². The Bertz CT molecular complexity index is 3850. The summed E-state index contributed by atoms with van der Waals surface area (Å²) in [5, 5.41) is 72.9.